The monoisotopic (exact) mass is 264 g/mol. The van der Waals surface area contributed by atoms with Gasteiger partial charge in [-0.1, -0.05) is 18.0 Å². The van der Waals surface area contributed by atoms with Crippen LogP contribution in [0, 0.1) is 0 Å². The highest BCUT2D eigenvalue weighted by Gasteiger charge is 2.26. The van der Waals surface area contributed by atoms with Gasteiger partial charge in [-0.15, -0.1) is 11.3 Å². The first-order valence-corrected chi connectivity index (χ1v) is 7.50. The van der Waals surface area contributed by atoms with Gasteiger partial charge in [-0.2, -0.15) is 0 Å². The van der Waals surface area contributed by atoms with Crippen molar-refractivity contribution < 1.29 is 0 Å². The highest BCUT2D eigenvalue weighted by molar-refractivity contribution is 7.19. The minimum absolute atomic E-state index is 0.564. The first kappa shape index (κ1) is 10.3. The van der Waals surface area contributed by atoms with Crippen LogP contribution in [0.2, 0.25) is 5.15 Å². The maximum atomic E-state index is 6.37. The van der Waals surface area contributed by atoms with Gasteiger partial charge in [0.1, 0.15) is 15.8 Å². The van der Waals surface area contributed by atoms with Crippen LogP contribution in [0.25, 0.3) is 10.2 Å². The number of aryl methyl sites for hydroxylation is 2. The minimum atomic E-state index is 0.564. The summed E-state index contributed by atoms with van der Waals surface area (Å²) in [6.45, 7) is 0. The molecule has 0 atom stereocenters. The second-order valence-electron chi connectivity index (χ2n) is 5.04. The predicted molar refractivity (Wildman–Crippen MR) is 71.0 cm³/mol. The lowest BCUT2D eigenvalue weighted by atomic mass is 9.85. The number of aromatic nitrogens is 2. The Bertz CT molecular complexity index is 601. The Labute approximate surface area is 109 Å². The van der Waals surface area contributed by atoms with Crippen LogP contribution in [-0.4, -0.2) is 9.97 Å². The van der Waals surface area contributed by atoms with Crippen LogP contribution < -0.4 is 0 Å². The van der Waals surface area contributed by atoms with Crippen LogP contribution in [0.4, 0.5) is 0 Å². The van der Waals surface area contributed by atoms with E-state index >= 15 is 0 Å². The molecule has 0 saturated heterocycles. The number of nitrogens with zero attached hydrogens (tertiary/aromatic N) is 2. The Kier molecular flexibility index (Phi) is 2.21. The molecule has 2 aromatic heterocycles. The molecule has 2 nitrogen and oxygen atoms in total. The second-order valence-corrected chi connectivity index (χ2v) is 6.48. The van der Waals surface area contributed by atoms with Crippen LogP contribution in [0.3, 0.4) is 0 Å². The van der Waals surface area contributed by atoms with E-state index in [0.717, 1.165) is 22.5 Å². The van der Waals surface area contributed by atoms with Crippen molar-refractivity contribution in [2.75, 3.05) is 0 Å². The van der Waals surface area contributed by atoms with Crippen molar-refractivity contribution in [2.45, 2.75) is 44.4 Å². The van der Waals surface area contributed by atoms with Crippen molar-refractivity contribution in [3.05, 3.63) is 21.4 Å². The number of hydrogen-bond acceptors (Lipinski definition) is 3. The third-order valence-electron chi connectivity index (χ3n) is 4.01. The van der Waals surface area contributed by atoms with Gasteiger partial charge in [0.05, 0.1) is 5.39 Å². The quantitative estimate of drug-likeness (QED) is 0.725. The summed E-state index contributed by atoms with van der Waals surface area (Å²) in [5.74, 6) is 1.54. The summed E-state index contributed by atoms with van der Waals surface area (Å²) in [4.78, 5) is 11.9. The fourth-order valence-electron chi connectivity index (χ4n) is 2.82. The molecule has 4 rings (SSSR count). The van der Waals surface area contributed by atoms with Crippen molar-refractivity contribution in [3.8, 4) is 0 Å². The lowest BCUT2D eigenvalue weighted by Gasteiger charge is -2.23. The highest BCUT2D eigenvalue weighted by Crippen LogP contribution is 2.41. The number of rotatable bonds is 1. The minimum Gasteiger partial charge on any atom is -0.222 e. The van der Waals surface area contributed by atoms with Crippen molar-refractivity contribution in [1.82, 2.24) is 9.97 Å². The Morgan fingerprint density at radius 2 is 2.00 bits per heavy atom. The van der Waals surface area contributed by atoms with E-state index in [1.54, 1.807) is 0 Å². The molecule has 0 spiro atoms. The molecule has 0 radical (unpaired) electrons. The van der Waals surface area contributed by atoms with Crippen molar-refractivity contribution in [3.63, 3.8) is 0 Å². The summed E-state index contributed by atoms with van der Waals surface area (Å²) in [5.41, 5.74) is 1.43. The van der Waals surface area contributed by atoms with Gasteiger partial charge in [0.25, 0.3) is 0 Å². The average Bonchev–Trinajstić information content (AvgIpc) is 2.72. The third-order valence-corrected chi connectivity index (χ3v) is 5.47. The van der Waals surface area contributed by atoms with Gasteiger partial charge in [-0.25, -0.2) is 9.97 Å². The molecular weight excluding hydrogens is 252 g/mol. The van der Waals surface area contributed by atoms with Gasteiger partial charge in [0, 0.05) is 10.8 Å². The van der Waals surface area contributed by atoms with Gasteiger partial charge >= 0.3 is 0 Å². The molecule has 0 unspecified atom stereocenters. The molecule has 0 aliphatic heterocycles. The Morgan fingerprint density at radius 1 is 1.12 bits per heavy atom. The zero-order chi connectivity index (χ0) is 11.4. The van der Waals surface area contributed by atoms with Crippen LogP contribution in [0.5, 0.6) is 0 Å². The largest absolute Gasteiger partial charge is 0.222 e. The first-order valence-electron chi connectivity index (χ1n) is 6.30. The molecule has 2 aromatic rings. The van der Waals surface area contributed by atoms with Crippen LogP contribution >= 0.6 is 22.9 Å². The van der Waals surface area contributed by atoms with E-state index in [4.69, 9.17) is 16.6 Å². The van der Waals surface area contributed by atoms with Gasteiger partial charge in [0.2, 0.25) is 0 Å². The van der Waals surface area contributed by atoms with Crippen molar-refractivity contribution in [1.29, 1.82) is 0 Å². The van der Waals surface area contributed by atoms with E-state index in [-0.39, 0.29) is 0 Å². The highest BCUT2D eigenvalue weighted by atomic mass is 35.5. The molecule has 0 aromatic carbocycles. The maximum Gasteiger partial charge on any atom is 0.141 e. The standard InChI is InChI=1S/C13H13ClN2S/c14-11-10-8-5-2-6-9(8)17-13(10)16-12(15-11)7-3-1-4-7/h7H,1-6H2. The molecule has 2 heterocycles. The molecule has 88 valence electrons. The number of thiophene rings is 1. The summed E-state index contributed by atoms with van der Waals surface area (Å²) < 4.78 is 0. The normalized spacial score (nSPS) is 19.6. The summed E-state index contributed by atoms with van der Waals surface area (Å²) in [5, 5.41) is 1.84. The third kappa shape index (κ3) is 1.45. The lowest BCUT2D eigenvalue weighted by molar-refractivity contribution is 0.402. The summed E-state index contributed by atoms with van der Waals surface area (Å²) in [7, 11) is 0. The van der Waals surface area contributed by atoms with E-state index in [1.807, 2.05) is 11.3 Å². The fourth-order valence-corrected chi connectivity index (χ4v) is 4.43. The van der Waals surface area contributed by atoms with E-state index in [1.165, 1.54) is 42.5 Å². The van der Waals surface area contributed by atoms with Crippen molar-refractivity contribution >= 4 is 33.2 Å². The molecular formula is C13H13ClN2S. The summed E-state index contributed by atoms with van der Waals surface area (Å²) in [6.07, 6.45) is 7.38. The zero-order valence-electron chi connectivity index (χ0n) is 9.50. The topological polar surface area (TPSA) is 25.8 Å². The molecule has 0 N–H and O–H groups in total. The van der Waals surface area contributed by atoms with Crippen LogP contribution in [0.15, 0.2) is 0 Å². The van der Waals surface area contributed by atoms with Crippen LogP contribution in [-0.2, 0) is 12.8 Å². The van der Waals surface area contributed by atoms with Crippen molar-refractivity contribution in [2.24, 2.45) is 0 Å². The molecule has 17 heavy (non-hydrogen) atoms. The van der Waals surface area contributed by atoms with Gasteiger partial charge in [-0.3, -0.25) is 0 Å². The molecule has 4 heteroatoms. The Balaban J connectivity index is 1.93. The fraction of sp³-hybridized carbons (Fsp3) is 0.538. The van der Waals surface area contributed by atoms with E-state index in [2.05, 4.69) is 4.98 Å². The van der Waals surface area contributed by atoms with Gasteiger partial charge < -0.3 is 0 Å². The second kappa shape index (κ2) is 3.66. The molecule has 2 aliphatic rings. The van der Waals surface area contributed by atoms with Gasteiger partial charge in [-0.05, 0) is 37.7 Å². The smallest absolute Gasteiger partial charge is 0.141 e. The molecule has 1 saturated carbocycles. The Hall–Kier alpha value is -0.670. The summed E-state index contributed by atoms with van der Waals surface area (Å²) in [6, 6.07) is 0. The molecule has 2 aliphatic carbocycles. The SMILES string of the molecule is Clc1nc(C2CCC2)nc2sc3c(c12)CCC3. The number of fused-ring (bicyclic) bond motifs is 3. The summed E-state index contributed by atoms with van der Waals surface area (Å²) >= 11 is 8.20. The zero-order valence-corrected chi connectivity index (χ0v) is 11.1. The number of hydrogen-bond donors (Lipinski definition) is 0. The van der Waals surface area contributed by atoms with E-state index in [0.29, 0.717) is 11.1 Å². The molecule has 0 bridgehead atoms. The average molecular weight is 265 g/mol. The van der Waals surface area contributed by atoms with E-state index < -0.39 is 0 Å². The van der Waals surface area contributed by atoms with Gasteiger partial charge in [0.15, 0.2) is 0 Å². The number of halogens is 1. The molecule has 1 fully saturated rings. The van der Waals surface area contributed by atoms with Crippen LogP contribution in [0.1, 0.15) is 47.9 Å². The molecule has 0 amide bonds. The first-order chi connectivity index (χ1) is 8.33. The lowest BCUT2D eigenvalue weighted by Crippen LogP contribution is -2.12. The maximum absolute atomic E-state index is 6.37. The van der Waals surface area contributed by atoms with E-state index in [9.17, 15) is 0 Å². The Morgan fingerprint density at radius 3 is 2.76 bits per heavy atom. The predicted octanol–water partition coefficient (Wildman–Crippen LogP) is 4.10.